The number of nitrogen functional groups attached to an aromatic ring is 1. The van der Waals surface area contributed by atoms with E-state index in [0.29, 0.717) is 30.2 Å². The highest BCUT2D eigenvalue weighted by molar-refractivity contribution is 9.10. The van der Waals surface area contributed by atoms with E-state index in [2.05, 4.69) is 15.9 Å². The number of hydrogen-bond donors (Lipinski definition) is 1. The van der Waals surface area contributed by atoms with Crippen molar-refractivity contribution in [2.24, 2.45) is 0 Å². The second-order valence-corrected chi connectivity index (χ2v) is 5.18. The number of benzene rings is 2. The van der Waals surface area contributed by atoms with Crippen molar-refractivity contribution in [3.8, 4) is 5.75 Å². The Morgan fingerprint density at radius 1 is 1.19 bits per heavy atom. The zero-order chi connectivity index (χ0) is 15.2. The lowest BCUT2D eigenvalue weighted by Gasteiger charge is -2.13. The summed E-state index contributed by atoms with van der Waals surface area (Å²) in [5.41, 5.74) is 7.63. The van der Waals surface area contributed by atoms with Crippen LogP contribution in [0.4, 0.5) is 5.69 Å². The van der Waals surface area contributed by atoms with Gasteiger partial charge in [0.05, 0.1) is 12.3 Å². The molecule has 0 amide bonds. The van der Waals surface area contributed by atoms with Crippen LogP contribution in [0.5, 0.6) is 5.75 Å². The van der Waals surface area contributed by atoms with E-state index in [1.807, 2.05) is 24.3 Å². The molecule has 5 heteroatoms. The zero-order valence-electron chi connectivity index (χ0n) is 11.6. The van der Waals surface area contributed by atoms with Gasteiger partial charge in [-0.3, -0.25) is 0 Å². The van der Waals surface area contributed by atoms with Gasteiger partial charge in [-0.05, 0) is 25.1 Å². The molecule has 2 rings (SSSR count). The molecule has 4 nitrogen and oxygen atoms in total. The Morgan fingerprint density at radius 2 is 1.95 bits per heavy atom. The van der Waals surface area contributed by atoms with Crippen LogP contribution in [0.3, 0.4) is 0 Å². The van der Waals surface area contributed by atoms with Crippen LogP contribution >= 0.6 is 15.9 Å². The number of hydrogen-bond acceptors (Lipinski definition) is 4. The number of halogens is 1. The third-order valence-corrected chi connectivity index (χ3v) is 3.64. The van der Waals surface area contributed by atoms with Crippen LogP contribution < -0.4 is 10.5 Å². The molecule has 0 spiro atoms. The topological polar surface area (TPSA) is 61.5 Å². The lowest BCUT2D eigenvalue weighted by Crippen LogP contribution is -2.09. The van der Waals surface area contributed by atoms with Gasteiger partial charge in [0.2, 0.25) is 0 Å². The molecule has 2 N–H and O–H groups in total. The number of para-hydroxylation sites is 1. The molecule has 21 heavy (non-hydrogen) atoms. The van der Waals surface area contributed by atoms with Gasteiger partial charge in [-0.25, -0.2) is 4.79 Å². The highest BCUT2D eigenvalue weighted by Crippen LogP contribution is 2.29. The van der Waals surface area contributed by atoms with Crippen LogP contribution in [-0.4, -0.2) is 12.6 Å². The first-order valence-corrected chi connectivity index (χ1v) is 7.34. The summed E-state index contributed by atoms with van der Waals surface area (Å²) in [4.78, 5) is 11.9. The lowest BCUT2D eigenvalue weighted by molar-refractivity contribution is 0.0521. The van der Waals surface area contributed by atoms with Crippen molar-refractivity contribution in [3.05, 3.63) is 58.1 Å². The van der Waals surface area contributed by atoms with E-state index in [9.17, 15) is 4.79 Å². The Hall–Kier alpha value is -2.01. The molecular weight excluding hydrogens is 334 g/mol. The third-order valence-electron chi connectivity index (χ3n) is 2.87. The molecule has 0 aliphatic rings. The summed E-state index contributed by atoms with van der Waals surface area (Å²) in [5.74, 6) is -0.0846. The molecule has 0 aliphatic heterocycles. The molecule has 0 radical (unpaired) electrons. The predicted octanol–water partition coefficient (Wildman–Crippen LogP) is 3.79. The summed E-state index contributed by atoms with van der Waals surface area (Å²) in [5, 5.41) is 0. The van der Waals surface area contributed by atoms with Gasteiger partial charge in [0.15, 0.2) is 5.75 Å². The van der Waals surface area contributed by atoms with Crippen LogP contribution in [0, 0.1) is 0 Å². The van der Waals surface area contributed by atoms with Crippen molar-refractivity contribution in [1.82, 2.24) is 0 Å². The first kappa shape index (κ1) is 15.4. The normalized spacial score (nSPS) is 10.2. The van der Waals surface area contributed by atoms with Gasteiger partial charge in [0.1, 0.15) is 12.2 Å². The van der Waals surface area contributed by atoms with Gasteiger partial charge in [0.25, 0.3) is 0 Å². The molecule has 0 unspecified atom stereocenters. The maximum atomic E-state index is 11.9. The molecule has 2 aromatic rings. The molecule has 0 heterocycles. The van der Waals surface area contributed by atoms with E-state index >= 15 is 0 Å². The maximum Gasteiger partial charge on any atom is 0.341 e. The number of ether oxygens (including phenoxy) is 2. The molecule has 0 aliphatic carbocycles. The molecule has 0 fully saturated rings. The average Bonchev–Trinajstić information content (AvgIpc) is 2.47. The zero-order valence-corrected chi connectivity index (χ0v) is 13.2. The third kappa shape index (κ3) is 3.76. The van der Waals surface area contributed by atoms with Crippen molar-refractivity contribution in [3.63, 3.8) is 0 Å². The fourth-order valence-corrected chi connectivity index (χ4v) is 2.25. The Bertz CT molecular complexity index is 643. The van der Waals surface area contributed by atoms with E-state index < -0.39 is 5.97 Å². The van der Waals surface area contributed by atoms with Crippen molar-refractivity contribution in [2.45, 2.75) is 13.5 Å². The summed E-state index contributed by atoms with van der Waals surface area (Å²) in [6, 6.07) is 12.7. The van der Waals surface area contributed by atoms with Gasteiger partial charge in [-0.1, -0.05) is 40.2 Å². The van der Waals surface area contributed by atoms with Crippen molar-refractivity contribution in [1.29, 1.82) is 0 Å². The minimum atomic E-state index is -0.438. The second-order valence-electron chi connectivity index (χ2n) is 4.32. The van der Waals surface area contributed by atoms with Gasteiger partial charge in [-0.2, -0.15) is 0 Å². The molecule has 0 saturated carbocycles. The summed E-state index contributed by atoms with van der Waals surface area (Å²) in [6.45, 7) is 2.37. The molecule has 0 saturated heterocycles. The van der Waals surface area contributed by atoms with E-state index in [0.717, 1.165) is 10.0 Å². The molecule has 2 aromatic carbocycles. The summed E-state index contributed by atoms with van der Waals surface area (Å²) in [7, 11) is 0. The van der Waals surface area contributed by atoms with E-state index in [1.54, 1.807) is 25.1 Å². The highest BCUT2D eigenvalue weighted by atomic mass is 79.9. The van der Waals surface area contributed by atoms with Crippen molar-refractivity contribution < 1.29 is 14.3 Å². The fourth-order valence-electron chi connectivity index (χ4n) is 1.85. The van der Waals surface area contributed by atoms with Crippen LogP contribution in [0.1, 0.15) is 22.8 Å². The summed E-state index contributed by atoms with van der Waals surface area (Å²) >= 11 is 3.46. The maximum absolute atomic E-state index is 11.9. The highest BCUT2D eigenvalue weighted by Gasteiger charge is 2.16. The molecular formula is C16H16BrNO3. The molecule has 110 valence electrons. The molecule has 0 bridgehead atoms. The summed E-state index contributed by atoms with van der Waals surface area (Å²) < 4.78 is 11.7. The lowest BCUT2D eigenvalue weighted by atomic mass is 10.1. The van der Waals surface area contributed by atoms with Crippen LogP contribution in [0.25, 0.3) is 0 Å². The first-order chi connectivity index (χ1) is 10.1. The average molecular weight is 350 g/mol. The van der Waals surface area contributed by atoms with E-state index in [4.69, 9.17) is 15.2 Å². The Kier molecular flexibility index (Phi) is 5.22. The standard InChI is InChI=1S/C16H16BrNO3/c1-2-20-16(19)12-7-5-9-14(18)15(12)21-10-11-6-3-4-8-13(11)17/h3-9H,2,10,18H2,1H3. The van der Waals surface area contributed by atoms with Crippen LogP contribution in [0.15, 0.2) is 46.9 Å². The number of rotatable bonds is 5. The summed E-state index contributed by atoms with van der Waals surface area (Å²) in [6.07, 6.45) is 0. The minimum Gasteiger partial charge on any atom is -0.486 e. The van der Waals surface area contributed by atoms with Crippen molar-refractivity contribution in [2.75, 3.05) is 12.3 Å². The van der Waals surface area contributed by atoms with E-state index in [1.165, 1.54) is 0 Å². The molecule has 0 atom stereocenters. The predicted molar refractivity (Wildman–Crippen MR) is 85.3 cm³/mol. The number of nitrogens with two attached hydrogens (primary N) is 1. The Labute approximate surface area is 132 Å². The van der Waals surface area contributed by atoms with E-state index in [-0.39, 0.29) is 0 Å². The smallest absolute Gasteiger partial charge is 0.341 e. The van der Waals surface area contributed by atoms with Gasteiger partial charge >= 0.3 is 5.97 Å². The monoisotopic (exact) mass is 349 g/mol. The number of carbonyl (C=O) groups is 1. The van der Waals surface area contributed by atoms with Gasteiger partial charge in [-0.15, -0.1) is 0 Å². The SMILES string of the molecule is CCOC(=O)c1cccc(N)c1OCc1ccccc1Br. The Balaban J connectivity index is 2.23. The Morgan fingerprint density at radius 3 is 2.67 bits per heavy atom. The second kappa shape index (κ2) is 7.13. The largest absolute Gasteiger partial charge is 0.486 e. The fraction of sp³-hybridized carbons (Fsp3) is 0.188. The first-order valence-electron chi connectivity index (χ1n) is 6.55. The molecule has 0 aromatic heterocycles. The quantitative estimate of drug-likeness (QED) is 0.658. The minimum absolute atomic E-state index is 0.303. The van der Waals surface area contributed by atoms with Gasteiger partial charge in [0, 0.05) is 10.0 Å². The number of anilines is 1. The number of carbonyl (C=O) groups excluding carboxylic acids is 1. The van der Waals surface area contributed by atoms with Crippen LogP contribution in [-0.2, 0) is 11.3 Å². The van der Waals surface area contributed by atoms with Gasteiger partial charge < -0.3 is 15.2 Å². The number of esters is 1. The van der Waals surface area contributed by atoms with Crippen LogP contribution in [0.2, 0.25) is 0 Å². The van der Waals surface area contributed by atoms with Crippen molar-refractivity contribution >= 4 is 27.6 Å².